The van der Waals surface area contributed by atoms with E-state index in [2.05, 4.69) is 10.6 Å². The number of carbonyl (C=O) groups excluding carboxylic acids is 2. The Balaban J connectivity index is 1.61. The minimum absolute atomic E-state index is 0.153. The van der Waals surface area contributed by atoms with Crippen LogP contribution in [-0.2, 0) is 11.4 Å². The fourth-order valence-electron chi connectivity index (χ4n) is 2.52. The van der Waals surface area contributed by atoms with Crippen LogP contribution < -0.4 is 15.4 Å². The molecule has 2 N–H and O–H groups in total. The molecule has 0 bridgehead atoms. The average Bonchev–Trinajstić information content (AvgIpc) is 2.68. The summed E-state index contributed by atoms with van der Waals surface area (Å²) in [6.45, 7) is 1.78. The first-order valence-corrected chi connectivity index (χ1v) is 8.56. The van der Waals surface area contributed by atoms with Crippen molar-refractivity contribution in [2.75, 3.05) is 10.6 Å². The maximum atomic E-state index is 12.3. The van der Waals surface area contributed by atoms with Gasteiger partial charge in [0.05, 0.1) is 5.69 Å². The highest BCUT2D eigenvalue weighted by Crippen LogP contribution is 2.24. The molecule has 0 aliphatic heterocycles. The Kier molecular flexibility index (Phi) is 5.84. The van der Waals surface area contributed by atoms with Gasteiger partial charge in [0.2, 0.25) is 5.91 Å². The zero-order valence-electron chi connectivity index (χ0n) is 14.9. The van der Waals surface area contributed by atoms with Crippen LogP contribution in [0.2, 0.25) is 0 Å². The molecule has 3 aromatic carbocycles. The van der Waals surface area contributed by atoms with Crippen molar-refractivity contribution in [2.45, 2.75) is 13.5 Å². The second-order valence-electron chi connectivity index (χ2n) is 5.98. The maximum Gasteiger partial charge on any atom is 0.255 e. The minimum Gasteiger partial charge on any atom is -0.487 e. The predicted octanol–water partition coefficient (Wildman–Crippen LogP) is 4.48. The Morgan fingerprint density at radius 3 is 2.19 bits per heavy atom. The van der Waals surface area contributed by atoms with E-state index in [1.165, 1.54) is 6.92 Å². The molecule has 0 saturated carbocycles. The summed E-state index contributed by atoms with van der Waals surface area (Å²) in [6.07, 6.45) is 0. The molecule has 3 aromatic rings. The van der Waals surface area contributed by atoms with E-state index in [0.29, 0.717) is 23.6 Å². The first kappa shape index (κ1) is 18.2. The van der Waals surface area contributed by atoms with Crippen LogP contribution in [0, 0.1) is 0 Å². The van der Waals surface area contributed by atoms with Gasteiger partial charge in [-0.3, -0.25) is 9.59 Å². The fraction of sp³-hybridized carbons (Fsp3) is 0.0909. The summed E-state index contributed by atoms with van der Waals surface area (Å²) in [4.78, 5) is 23.5. The molecule has 136 valence electrons. The van der Waals surface area contributed by atoms with E-state index in [-0.39, 0.29) is 11.8 Å². The fourth-order valence-corrected chi connectivity index (χ4v) is 2.52. The lowest BCUT2D eigenvalue weighted by Gasteiger charge is -2.12. The Morgan fingerprint density at radius 1 is 0.815 bits per heavy atom. The van der Waals surface area contributed by atoms with Crippen molar-refractivity contribution >= 4 is 23.2 Å². The molecule has 0 heterocycles. The third-order valence-corrected chi connectivity index (χ3v) is 3.84. The summed E-state index contributed by atoms with van der Waals surface area (Å²) in [6, 6.07) is 23.8. The van der Waals surface area contributed by atoms with Crippen LogP contribution in [0.4, 0.5) is 11.4 Å². The van der Waals surface area contributed by atoms with Crippen LogP contribution in [0.1, 0.15) is 22.8 Å². The van der Waals surface area contributed by atoms with Crippen molar-refractivity contribution in [3.05, 3.63) is 90.0 Å². The first-order valence-electron chi connectivity index (χ1n) is 8.56. The van der Waals surface area contributed by atoms with Gasteiger partial charge < -0.3 is 15.4 Å². The minimum atomic E-state index is -0.162. The lowest BCUT2D eigenvalue weighted by atomic mass is 10.1. The van der Waals surface area contributed by atoms with E-state index < -0.39 is 0 Å². The molecule has 0 atom stereocenters. The first-order chi connectivity index (χ1) is 13.1. The molecule has 0 spiro atoms. The number of benzene rings is 3. The van der Waals surface area contributed by atoms with Gasteiger partial charge >= 0.3 is 0 Å². The lowest BCUT2D eigenvalue weighted by molar-refractivity contribution is -0.114. The summed E-state index contributed by atoms with van der Waals surface area (Å²) in [5, 5.41) is 5.59. The van der Waals surface area contributed by atoms with Gasteiger partial charge in [-0.2, -0.15) is 0 Å². The molecule has 3 rings (SSSR count). The van der Waals surface area contributed by atoms with Crippen LogP contribution >= 0.6 is 0 Å². The number of rotatable bonds is 6. The van der Waals surface area contributed by atoms with Gasteiger partial charge in [0.1, 0.15) is 12.4 Å². The average molecular weight is 360 g/mol. The molecule has 0 saturated heterocycles. The largest absolute Gasteiger partial charge is 0.487 e. The van der Waals surface area contributed by atoms with Gasteiger partial charge in [-0.1, -0.05) is 42.5 Å². The number of hydrogen-bond acceptors (Lipinski definition) is 3. The van der Waals surface area contributed by atoms with Crippen LogP contribution in [0.3, 0.4) is 0 Å². The van der Waals surface area contributed by atoms with Crippen molar-refractivity contribution in [1.82, 2.24) is 0 Å². The van der Waals surface area contributed by atoms with Gasteiger partial charge in [0.25, 0.3) is 5.91 Å². The molecule has 0 unspecified atom stereocenters. The summed E-state index contributed by atoms with van der Waals surface area (Å²) in [7, 11) is 0. The smallest absolute Gasteiger partial charge is 0.255 e. The van der Waals surface area contributed by atoms with Gasteiger partial charge in [-0.15, -0.1) is 0 Å². The molecular weight excluding hydrogens is 340 g/mol. The topological polar surface area (TPSA) is 67.4 Å². The quantitative estimate of drug-likeness (QED) is 0.681. The molecule has 0 aliphatic carbocycles. The molecule has 0 fully saturated rings. The van der Waals surface area contributed by atoms with Crippen LogP contribution in [0.5, 0.6) is 5.75 Å². The number of nitrogens with one attached hydrogen (secondary N) is 2. The Hall–Kier alpha value is -3.60. The van der Waals surface area contributed by atoms with E-state index in [1.54, 1.807) is 24.3 Å². The SMILES string of the molecule is CC(=O)Nc1ccccc1OCc1ccc(C(=O)Nc2ccccc2)cc1. The Morgan fingerprint density at radius 2 is 1.48 bits per heavy atom. The molecule has 2 amide bonds. The van der Waals surface area contributed by atoms with Gasteiger partial charge in [0.15, 0.2) is 0 Å². The second kappa shape index (κ2) is 8.67. The van der Waals surface area contributed by atoms with Crippen molar-refractivity contribution in [3.63, 3.8) is 0 Å². The molecular formula is C22H20N2O3. The molecule has 0 radical (unpaired) electrons. The van der Waals surface area contributed by atoms with Crippen molar-refractivity contribution in [3.8, 4) is 5.75 Å². The third-order valence-electron chi connectivity index (χ3n) is 3.84. The number of para-hydroxylation sites is 3. The highest BCUT2D eigenvalue weighted by atomic mass is 16.5. The number of amides is 2. The molecule has 0 aliphatic rings. The van der Waals surface area contributed by atoms with Crippen LogP contribution in [-0.4, -0.2) is 11.8 Å². The van der Waals surface area contributed by atoms with Gasteiger partial charge in [-0.25, -0.2) is 0 Å². The predicted molar refractivity (Wildman–Crippen MR) is 106 cm³/mol. The standard InChI is InChI=1S/C22H20N2O3/c1-16(25)23-20-9-5-6-10-21(20)27-15-17-11-13-18(14-12-17)22(26)24-19-7-3-2-4-8-19/h2-14H,15H2,1H3,(H,23,25)(H,24,26). The molecule has 5 heteroatoms. The summed E-state index contributed by atoms with van der Waals surface area (Å²) in [5.41, 5.74) is 2.87. The summed E-state index contributed by atoms with van der Waals surface area (Å²) < 4.78 is 5.80. The zero-order valence-corrected chi connectivity index (χ0v) is 14.9. The van der Waals surface area contributed by atoms with E-state index in [1.807, 2.05) is 54.6 Å². The molecule has 0 aromatic heterocycles. The Labute approximate surface area is 158 Å². The number of hydrogen-bond donors (Lipinski definition) is 2. The molecule has 5 nitrogen and oxygen atoms in total. The highest BCUT2D eigenvalue weighted by molar-refractivity contribution is 6.04. The third kappa shape index (κ3) is 5.19. The van der Waals surface area contributed by atoms with Gasteiger partial charge in [-0.05, 0) is 42.0 Å². The number of anilines is 2. The monoisotopic (exact) mass is 360 g/mol. The Bertz CT molecular complexity index is 922. The van der Waals surface area contributed by atoms with Crippen LogP contribution in [0.15, 0.2) is 78.9 Å². The normalized spacial score (nSPS) is 10.1. The van der Waals surface area contributed by atoms with Crippen LogP contribution in [0.25, 0.3) is 0 Å². The number of carbonyl (C=O) groups is 2. The van der Waals surface area contributed by atoms with E-state index in [0.717, 1.165) is 11.3 Å². The zero-order chi connectivity index (χ0) is 19.1. The second-order valence-corrected chi connectivity index (χ2v) is 5.98. The van der Waals surface area contributed by atoms with Crippen molar-refractivity contribution in [2.24, 2.45) is 0 Å². The van der Waals surface area contributed by atoms with E-state index in [9.17, 15) is 9.59 Å². The van der Waals surface area contributed by atoms with Crippen molar-refractivity contribution in [1.29, 1.82) is 0 Å². The van der Waals surface area contributed by atoms with E-state index in [4.69, 9.17) is 4.74 Å². The summed E-state index contributed by atoms with van der Waals surface area (Å²) in [5.74, 6) is 0.281. The van der Waals surface area contributed by atoms with Gasteiger partial charge in [0, 0.05) is 18.2 Å². The van der Waals surface area contributed by atoms with E-state index >= 15 is 0 Å². The maximum absolute atomic E-state index is 12.3. The molecule has 27 heavy (non-hydrogen) atoms. The lowest BCUT2D eigenvalue weighted by Crippen LogP contribution is -2.11. The highest BCUT2D eigenvalue weighted by Gasteiger charge is 2.07. The summed E-state index contributed by atoms with van der Waals surface area (Å²) >= 11 is 0. The number of ether oxygens (including phenoxy) is 1. The van der Waals surface area contributed by atoms with Crippen molar-refractivity contribution < 1.29 is 14.3 Å².